The van der Waals surface area contributed by atoms with E-state index in [1.54, 1.807) is 0 Å². The quantitative estimate of drug-likeness (QED) is 0.603. The Labute approximate surface area is 168 Å². The number of amides is 2. The summed E-state index contributed by atoms with van der Waals surface area (Å²) in [6, 6.07) is 5.95. The monoisotopic (exact) mass is 425 g/mol. The van der Waals surface area contributed by atoms with Gasteiger partial charge in [0.2, 0.25) is 11.8 Å². The maximum Gasteiger partial charge on any atom is 0.416 e. The molecule has 1 N–H and O–H groups in total. The van der Waals surface area contributed by atoms with Gasteiger partial charge in [0.05, 0.1) is 11.8 Å². The van der Waals surface area contributed by atoms with Crippen molar-refractivity contribution in [3.05, 3.63) is 53.9 Å². The second-order valence-electron chi connectivity index (χ2n) is 6.74. The maximum absolute atomic E-state index is 12.9. The lowest BCUT2D eigenvalue weighted by atomic mass is 9.87. The largest absolute Gasteiger partial charge is 0.612 e. The Hall–Kier alpha value is -2.59. The van der Waals surface area contributed by atoms with Gasteiger partial charge in [-0.15, -0.1) is 0 Å². The first-order valence-electron chi connectivity index (χ1n) is 8.60. The van der Waals surface area contributed by atoms with E-state index in [9.17, 15) is 27.3 Å². The molecular weight excluding hydrogens is 407 g/mol. The molecule has 0 aliphatic carbocycles. The number of likely N-dealkylation sites (tertiary alicyclic amines) is 1. The minimum atomic E-state index is -4.47. The standard InChI is InChI=1S/C19H18F3N3O3S/c1-25-10-13(11-3-5-12(6-4-11)19(20,21)22)16(18(25)27)17(26)24-14-9-23-8-7-15(14)29(2)28/h3-9,13,16H,10H2,1-2H3,(H,24,26)/t13-,16+,29?/m1/s1. The van der Waals surface area contributed by atoms with Crippen molar-refractivity contribution in [3.63, 3.8) is 0 Å². The Kier molecular flexibility index (Phi) is 5.85. The van der Waals surface area contributed by atoms with Crippen LogP contribution in [-0.2, 0) is 26.9 Å². The van der Waals surface area contributed by atoms with E-state index in [4.69, 9.17) is 0 Å². The molecule has 1 unspecified atom stereocenters. The molecule has 3 atom stereocenters. The third-order valence-electron chi connectivity index (χ3n) is 4.81. The van der Waals surface area contributed by atoms with Gasteiger partial charge >= 0.3 is 6.18 Å². The van der Waals surface area contributed by atoms with E-state index < -0.39 is 46.6 Å². The summed E-state index contributed by atoms with van der Waals surface area (Å²) >= 11 is -1.39. The highest BCUT2D eigenvalue weighted by Gasteiger charge is 2.44. The van der Waals surface area contributed by atoms with Crippen molar-refractivity contribution in [2.24, 2.45) is 5.92 Å². The normalized spacial score (nSPS) is 20.6. The molecule has 2 amide bonds. The number of halogens is 3. The van der Waals surface area contributed by atoms with Crippen LogP contribution in [0.25, 0.3) is 0 Å². The van der Waals surface area contributed by atoms with Crippen LogP contribution in [0.3, 0.4) is 0 Å². The second-order valence-corrected chi connectivity index (χ2v) is 8.09. The fourth-order valence-electron chi connectivity index (χ4n) is 3.35. The SMILES string of the molecule is CN1C[C@H](c2ccc(C(F)(F)F)cc2)[C@@H](C(=O)Nc2cnccc2[S+](C)[O-])C1=O. The van der Waals surface area contributed by atoms with Crippen LogP contribution in [0.15, 0.2) is 47.6 Å². The molecule has 2 aromatic rings. The number of carbonyl (C=O) groups excluding carboxylic acids is 2. The van der Waals surface area contributed by atoms with Crippen molar-refractivity contribution in [3.8, 4) is 0 Å². The molecule has 0 spiro atoms. The minimum absolute atomic E-state index is 0.196. The van der Waals surface area contributed by atoms with Crippen LogP contribution in [0.2, 0.25) is 0 Å². The minimum Gasteiger partial charge on any atom is -0.612 e. The Bertz CT molecular complexity index is 919. The number of alkyl halides is 3. The number of likely N-dealkylation sites (N-methyl/N-ethyl adjacent to an activating group) is 1. The van der Waals surface area contributed by atoms with E-state index in [0.29, 0.717) is 10.5 Å². The number of rotatable bonds is 4. The molecule has 0 radical (unpaired) electrons. The highest BCUT2D eigenvalue weighted by molar-refractivity contribution is 7.90. The molecule has 1 fully saturated rings. The smallest absolute Gasteiger partial charge is 0.416 e. The number of benzene rings is 1. The third kappa shape index (κ3) is 4.38. The van der Waals surface area contributed by atoms with Crippen molar-refractivity contribution in [2.45, 2.75) is 17.0 Å². The number of carbonyl (C=O) groups is 2. The van der Waals surface area contributed by atoms with Gasteiger partial charge in [-0.05, 0) is 28.9 Å². The molecule has 29 heavy (non-hydrogen) atoms. The number of nitrogens with one attached hydrogen (secondary N) is 1. The van der Waals surface area contributed by atoms with Gasteiger partial charge in [-0.2, -0.15) is 13.2 Å². The average Bonchev–Trinajstić information content (AvgIpc) is 2.96. The summed E-state index contributed by atoms with van der Waals surface area (Å²) in [5.74, 6) is -2.78. The summed E-state index contributed by atoms with van der Waals surface area (Å²) in [6.07, 6.45) is -0.245. The summed E-state index contributed by atoms with van der Waals surface area (Å²) in [5, 5.41) is 2.60. The lowest BCUT2D eigenvalue weighted by Gasteiger charge is -2.18. The number of hydrogen-bond acceptors (Lipinski definition) is 4. The average molecular weight is 425 g/mol. The van der Waals surface area contributed by atoms with Gasteiger partial charge in [0.25, 0.3) is 0 Å². The van der Waals surface area contributed by atoms with Gasteiger partial charge in [0.15, 0.2) is 4.90 Å². The lowest BCUT2D eigenvalue weighted by molar-refractivity contribution is -0.138. The number of hydrogen-bond donors (Lipinski definition) is 1. The molecule has 0 saturated carbocycles. The van der Waals surface area contributed by atoms with E-state index in [1.165, 1.54) is 48.8 Å². The van der Waals surface area contributed by atoms with Gasteiger partial charge in [-0.3, -0.25) is 14.6 Å². The van der Waals surface area contributed by atoms with Crippen LogP contribution < -0.4 is 5.32 Å². The van der Waals surface area contributed by atoms with Crippen molar-refractivity contribution in [2.75, 3.05) is 25.2 Å². The van der Waals surface area contributed by atoms with E-state index in [-0.39, 0.29) is 12.2 Å². The summed E-state index contributed by atoms with van der Waals surface area (Å²) in [4.78, 5) is 31.1. The van der Waals surface area contributed by atoms with E-state index in [1.807, 2.05) is 0 Å². The first kappa shape index (κ1) is 21.1. The first-order valence-corrected chi connectivity index (χ1v) is 10.2. The summed E-state index contributed by atoms with van der Waals surface area (Å²) < 4.78 is 50.3. The zero-order valence-electron chi connectivity index (χ0n) is 15.6. The Morgan fingerprint density at radius 1 is 1.28 bits per heavy atom. The summed E-state index contributed by atoms with van der Waals surface area (Å²) in [5.41, 5.74) is -0.112. The van der Waals surface area contributed by atoms with Gasteiger partial charge in [0.1, 0.15) is 17.9 Å². The molecular formula is C19H18F3N3O3S. The van der Waals surface area contributed by atoms with Crippen molar-refractivity contribution in [1.29, 1.82) is 0 Å². The van der Waals surface area contributed by atoms with Crippen LogP contribution in [0.4, 0.5) is 18.9 Å². The molecule has 10 heteroatoms. The molecule has 1 aromatic carbocycles. The zero-order chi connectivity index (χ0) is 21.3. The van der Waals surface area contributed by atoms with E-state index in [0.717, 1.165) is 12.1 Å². The fourth-order valence-corrected chi connectivity index (χ4v) is 4.01. The highest BCUT2D eigenvalue weighted by atomic mass is 32.2. The van der Waals surface area contributed by atoms with Crippen LogP contribution in [0.5, 0.6) is 0 Å². The van der Waals surface area contributed by atoms with E-state index >= 15 is 0 Å². The molecule has 6 nitrogen and oxygen atoms in total. The number of nitrogens with zero attached hydrogens (tertiary/aromatic N) is 2. The highest BCUT2D eigenvalue weighted by Crippen LogP contribution is 2.36. The van der Waals surface area contributed by atoms with Crippen LogP contribution in [-0.4, -0.2) is 46.1 Å². The van der Waals surface area contributed by atoms with Gasteiger partial charge < -0.3 is 14.8 Å². The third-order valence-corrected chi connectivity index (χ3v) is 5.79. The fraction of sp³-hybridized carbons (Fsp3) is 0.316. The van der Waals surface area contributed by atoms with E-state index in [2.05, 4.69) is 10.3 Å². The molecule has 1 aliphatic rings. The molecule has 1 saturated heterocycles. The molecule has 1 aliphatic heterocycles. The predicted molar refractivity (Wildman–Crippen MR) is 101 cm³/mol. The summed E-state index contributed by atoms with van der Waals surface area (Å²) in [7, 11) is 1.53. The first-order chi connectivity index (χ1) is 13.6. The van der Waals surface area contributed by atoms with Gasteiger partial charge in [-0.25, -0.2) is 0 Å². The zero-order valence-corrected chi connectivity index (χ0v) is 16.4. The Balaban J connectivity index is 1.88. The van der Waals surface area contributed by atoms with Crippen molar-refractivity contribution >= 4 is 28.7 Å². The van der Waals surface area contributed by atoms with Gasteiger partial charge in [-0.1, -0.05) is 12.1 Å². The predicted octanol–water partition coefficient (Wildman–Crippen LogP) is 2.65. The molecule has 3 rings (SSSR count). The lowest BCUT2D eigenvalue weighted by Crippen LogP contribution is -2.33. The Morgan fingerprint density at radius 2 is 1.93 bits per heavy atom. The molecule has 1 aromatic heterocycles. The van der Waals surface area contributed by atoms with Crippen LogP contribution in [0.1, 0.15) is 17.0 Å². The van der Waals surface area contributed by atoms with Crippen LogP contribution in [0, 0.1) is 5.92 Å². The molecule has 154 valence electrons. The topological polar surface area (TPSA) is 85.4 Å². The molecule has 0 bridgehead atoms. The van der Waals surface area contributed by atoms with Crippen molar-refractivity contribution in [1.82, 2.24) is 9.88 Å². The number of anilines is 1. The molecule has 2 heterocycles. The maximum atomic E-state index is 12.9. The second kappa shape index (κ2) is 8.03. The number of aromatic nitrogens is 1. The van der Waals surface area contributed by atoms with Gasteiger partial charge in [0, 0.05) is 31.8 Å². The van der Waals surface area contributed by atoms with Crippen LogP contribution >= 0.6 is 0 Å². The Morgan fingerprint density at radius 3 is 2.52 bits per heavy atom. The summed E-state index contributed by atoms with van der Waals surface area (Å²) in [6.45, 7) is 0.196. The number of pyridine rings is 1. The van der Waals surface area contributed by atoms with Crippen molar-refractivity contribution < 1.29 is 27.3 Å².